The van der Waals surface area contributed by atoms with E-state index in [1.807, 2.05) is 13.8 Å². The minimum Gasteiger partial charge on any atom is -0.324 e. The van der Waals surface area contributed by atoms with Gasteiger partial charge in [-0.05, 0) is 5.92 Å². The van der Waals surface area contributed by atoms with Crippen LogP contribution in [0, 0.1) is 10.8 Å². The van der Waals surface area contributed by atoms with Crippen LogP contribution >= 0.6 is 22.9 Å². The molecule has 0 bridgehead atoms. The van der Waals surface area contributed by atoms with Gasteiger partial charge in [0.25, 0.3) is 0 Å². The standard InChI is InChI=1S/C11H17ClN6O3S/c1-3-7(2)8(9(19)15-10-16-13-6-22-10)14-11(20)18(17-21)5-4-12/h6-8H,3-5H2,1-2H3,(H,14,20)(H,15,16,19)/t7?,8-/m0/s1. The molecule has 1 heterocycles. The molecule has 0 aliphatic heterocycles. The zero-order chi connectivity index (χ0) is 16.5. The van der Waals surface area contributed by atoms with Gasteiger partial charge >= 0.3 is 6.03 Å². The smallest absolute Gasteiger partial charge is 0.324 e. The van der Waals surface area contributed by atoms with Crippen LogP contribution in [0.25, 0.3) is 0 Å². The van der Waals surface area contributed by atoms with Crippen molar-refractivity contribution >= 4 is 40.0 Å². The summed E-state index contributed by atoms with van der Waals surface area (Å²) >= 11 is 6.65. The molecule has 1 aromatic rings. The number of hydrogen-bond acceptors (Lipinski definition) is 7. The third-order valence-electron chi connectivity index (χ3n) is 2.99. The lowest BCUT2D eigenvalue weighted by atomic mass is 9.98. The van der Waals surface area contributed by atoms with Crippen molar-refractivity contribution in [1.29, 1.82) is 0 Å². The Morgan fingerprint density at radius 3 is 2.77 bits per heavy atom. The van der Waals surface area contributed by atoms with Gasteiger partial charge in [-0.3, -0.25) is 10.1 Å². The first-order valence-corrected chi connectivity index (χ1v) is 7.99. The number of halogens is 1. The lowest BCUT2D eigenvalue weighted by Gasteiger charge is -2.24. The first kappa shape index (κ1) is 18.2. The molecule has 1 rings (SSSR count). The Bertz CT molecular complexity index is 500. The minimum atomic E-state index is -0.832. The van der Waals surface area contributed by atoms with Crippen LogP contribution in [0.15, 0.2) is 10.8 Å². The second kappa shape index (κ2) is 9.26. The quantitative estimate of drug-likeness (QED) is 0.422. The number of amides is 3. The van der Waals surface area contributed by atoms with Crippen LogP contribution in [0.5, 0.6) is 0 Å². The number of anilines is 1. The second-order valence-electron chi connectivity index (χ2n) is 4.44. The molecule has 0 aliphatic carbocycles. The molecule has 2 N–H and O–H groups in total. The van der Waals surface area contributed by atoms with Gasteiger partial charge in [-0.15, -0.1) is 26.7 Å². The highest BCUT2D eigenvalue weighted by Gasteiger charge is 2.28. The molecule has 0 spiro atoms. The average molecular weight is 349 g/mol. The fourth-order valence-electron chi connectivity index (χ4n) is 1.58. The van der Waals surface area contributed by atoms with Crippen molar-refractivity contribution in [1.82, 2.24) is 20.5 Å². The summed E-state index contributed by atoms with van der Waals surface area (Å²) in [7, 11) is 0. The molecule has 122 valence electrons. The number of hydrogen-bond donors (Lipinski definition) is 2. The van der Waals surface area contributed by atoms with Gasteiger partial charge in [-0.25, -0.2) is 4.79 Å². The number of aromatic nitrogens is 2. The average Bonchev–Trinajstić information content (AvgIpc) is 3.01. The first-order chi connectivity index (χ1) is 10.5. The van der Waals surface area contributed by atoms with Crippen molar-refractivity contribution in [3.63, 3.8) is 0 Å². The number of carbonyl (C=O) groups is 2. The Morgan fingerprint density at radius 1 is 1.55 bits per heavy atom. The number of carbonyl (C=O) groups excluding carboxylic acids is 2. The number of nitrogens with one attached hydrogen (secondary N) is 2. The Kier molecular flexibility index (Phi) is 7.67. The van der Waals surface area contributed by atoms with Crippen molar-refractivity contribution in [3.8, 4) is 0 Å². The summed E-state index contributed by atoms with van der Waals surface area (Å²) in [5.74, 6) is -0.526. The Hall–Kier alpha value is -1.81. The second-order valence-corrected chi connectivity index (χ2v) is 5.65. The molecule has 1 aromatic heterocycles. The molecule has 2 atom stereocenters. The van der Waals surface area contributed by atoms with Crippen LogP contribution in [0.3, 0.4) is 0 Å². The predicted molar refractivity (Wildman–Crippen MR) is 83.5 cm³/mol. The van der Waals surface area contributed by atoms with Gasteiger partial charge in [-0.2, -0.15) is 5.01 Å². The van der Waals surface area contributed by atoms with Crippen molar-refractivity contribution < 1.29 is 9.59 Å². The molecule has 9 nitrogen and oxygen atoms in total. The van der Waals surface area contributed by atoms with Gasteiger partial charge in [0, 0.05) is 5.88 Å². The Labute approximate surface area is 136 Å². The normalized spacial score (nSPS) is 13.0. The van der Waals surface area contributed by atoms with Gasteiger partial charge in [0.2, 0.25) is 11.0 Å². The van der Waals surface area contributed by atoms with Gasteiger partial charge < -0.3 is 5.32 Å². The van der Waals surface area contributed by atoms with Crippen LogP contribution in [0.4, 0.5) is 9.93 Å². The predicted octanol–water partition coefficient (Wildman–Crippen LogP) is 1.82. The summed E-state index contributed by atoms with van der Waals surface area (Å²) in [6.07, 6.45) is 0.651. The van der Waals surface area contributed by atoms with Crippen LogP contribution in [-0.4, -0.2) is 45.6 Å². The molecule has 22 heavy (non-hydrogen) atoms. The van der Waals surface area contributed by atoms with E-state index in [9.17, 15) is 14.5 Å². The maximum atomic E-state index is 12.3. The van der Waals surface area contributed by atoms with E-state index < -0.39 is 18.0 Å². The number of nitrogens with zero attached hydrogens (tertiary/aromatic N) is 4. The Balaban J connectivity index is 2.77. The summed E-state index contributed by atoms with van der Waals surface area (Å²) in [6, 6.07) is -1.60. The molecule has 3 amide bonds. The third kappa shape index (κ3) is 5.19. The zero-order valence-corrected chi connectivity index (χ0v) is 13.7. The molecule has 0 saturated heterocycles. The van der Waals surface area contributed by atoms with E-state index in [1.54, 1.807) is 0 Å². The number of alkyl halides is 1. The van der Waals surface area contributed by atoms with E-state index in [0.29, 0.717) is 16.6 Å². The molecule has 1 unspecified atom stereocenters. The molecule has 0 saturated carbocycles. The van der Waals surface area contributed by atoms with Crippen LogP contribution in [0.2, 0.25) is 0 Å². The minimum absolute atomic E-state index is 0.0395. The summed E-state index contributed by atoms with van der Waals surface area (Å²) < 4.78 is 0. The molecule has 0 aliphatic rings. The molecule has 0 fully saturated rings. The monoisotopic (exact) mass is 348 g/mol. The summed E-state index contributed by atoms with van der Waals surface area (Å²) in [6.45, 7) is 3.66. The van der Waals surface area contributed by atoms with Crippen molar-refractivity contribution in [2.45, 2.75) is 26.3 Å². The summed E-state index contributed by atoms with van der Waals surface area (Å²) in [5.41, 5.74) is 1.48. The number of nitroso groups, excluding NO2 is 1. The van der Waals surface area contributed by atoms with Crippen molar-refractivity contribution in [2.24, 2.45) is 11.2 Å². The highest BCUT2D eigenvalue weighted by Crippen LogP contribution is 2.13. The lowest BCUT2D eigenvalue weighted by Crippen LogP contribution is -2.51. The largest absolute Gasteiger partial charge is 0.341 e. The highest BCUT2D eigenvalue weighted by atomic mass is 35.5. The fraction of sp³-hybridized carbons (Fsp3) is 0.636. The van der Waals surface area contributed by atoms with Gasteiger partial charge in [0.05, 0.1) is 11.8 Å². The highest BCUT2D eigenvalue weighted by molar-refractivity contribution is 7.13. The molecule has 11 heteroatoms. The van der Waals surface area contributed by atoms with Crippen molar-refractivity contribution in [3.05, 3.63) is 10.4 Å². The van der Waals surface area contributed by atoms with Crippen molar-refractivity contribution in [2.75, 3.05) is 17.7 Å². The van der Waals surface area contributed by atoms with Crippen LogP contribution < -0.4 is 10.6 Å². The van der Waals surface area contributed by atoms with Gasteiger partial charge in [0.1, 0.15) is 11.6 Å². The van der Waals surface area contributed by atoms with E-state index in [2.05, 4.69) is 26.1 Å². The SMILES string of the molecule is CCC(C)[C@H](NC(=O)N(CCCl)N=O)C(=O)Nc1nncs1. The summed E-state index contributed by atoms with van der Waals surface area (Å²) in [4.78, 5) is 34.9. The Morgan fingerprint density at radius 2 is 2.27 bits per heavy atom. The molecule has 0 radical (unpaired) electrons. The third-order valence-corrected chi connectivity index (χ3v) is 3.77. The first-order valence-electron chi connectivity index (χ1n) is 6.57. The van der Waals surface area contributed by atoms with Gasteiger partial charge in [-0.1, -0.05) is 31.6 Å². The zero-order valence-electron chi connectivity index (χ0n) is 12.2. The lowest BCUT2D eigenvalue weighted by molar-refractivity contribution is -0.119. The van der Waals surface area contributed by atoms with E-state index in [4.69, 9.17) is 11.6 Å². The topological polar surface area (TPSA) is 117 Å². The van der Waals surface area contributed by atoms with E-state index in [0.717, 1.165) is 11.3 Å². The van der Waals surface area contributed by atoms with E-state index in [1.165, 1.54) is 5.51 Å². The summed E-state index contributed by atoms with van der Waals surface area (Å²) in [5, 5.41) is 15.9. The van der Waals surface area contributed by atoms with Crippen LogP contribution in [-0.2, 0) is 4.79 Å². The number of rotatable bonds is 8. The van der Waals surface area contributed by atoms with E-state index >= 15 is 0 Å². The maximum Gasteiger partial charge on any atom is 0.341 e. The number of urea groups is 1. The van der Waals surface area contributed by atoms with E-state index in [-0.39, 0.29) is 18.3 Å². The fourth-order valence-corrected chi connectivity index (χ4v) is 2.19. The van der Waals surface area contributed by atoms with Gasteiger partial charge in [0.15, 0.2) is 0 Å². The maximum absolute atomic E-state index is 12.3. The van der Waals surface area contributed by atoms with Crippen LogP contribution in [0.1, 0.15) is 20.3 Å². The molecular formula is C11H17ClN6O3S. The molecule has 0 aromatic carbocycles. The molecular weight excluding hydrogens is 332 g/mol.